The monoisotopic (exact) mass is 356 g/mol. The van der Waals surface area contributed by atoms with E-state index in [4.69, 9.17) is 23.2 Å². The zero-order valence-corrected chi connectivity index (χ0v) is 13.2. The quantitative estimate of drug-likeness (QED) is 0.664. The van der Waals surface area contributed by atoms with Crippen LogP contribution < -0.4 is 0 Å². The molecular weight excluding hydrogens is 347 g/mol. The van der Waals surface area contributed by atoms with Crippen LogP contribution in [0.4, 0.5) is 0 Å². The fourth-order valence-electron chi connectivity index (χ4n) is 2.34. The van der Waals surface area contributed by atoms with Crippen molar-refractivity contribution in [1.82, 2.24) is 9.97 Å². The highest BCUT2D eigenvalue weighted by Gasteiger charge is 2.18. The smallest absolute Gasteiger partial charge is 0.162 e. The highest BCUT2D eigenvalue weighted by Crippen LogP contribution is 2.32. The minimum absolute atomic E-state index is 0.585. The van der Waals surface area contributed by atoms with E-state index in [1.165, 1.54) is 12.8 Å². The highest BCUT2D eigenvalue weighted by molar-refractivity contribution is 9.10. The molecule has 0 bridgehead atoms. The predicted octanol–water partition coefficient (Wildman–Crippen LogP) is 5.09. The Kier molecular flexibility index (Phi) is 3.79. The predicted molar refractivity (Wildman–Crippen MR) is 81.8 cm³/mol. The van der Waals surface area contributed by atoms with Crippen molar-refractivity contribution < 1.29 is 0 Å². The topological polar surface area (TPSA) is 25.8 Å². The van der Waals surface area contributed by atoms with E-state index in [1.54, 1.807) is 0 Å². The summed E-state index contributed by atoms with van der Waals surface area (Å²) in [7, 11) is 0. The first kappa shape index (κ1) is 13.3. The minimum atomic E-state index is 0.585. The van der Waals surface area contributed by atoms with Gasteiger partial charge in [-0.25, -0.2) is 9.97 Å². The molecule has 19 heavy (non-hydrogen) atoms. The van der Waals surface area contributed by atoms with Gasteiger partial charge in [0.1, 0.15) is 5.15 Å². The van der Waals surface area contributed by atoms with Crippen LogP contribution in [-0.2, 0) is 12.8 Å². The molecule has 0 atom stereocenters. The lowest BCUT2D eigenvalue weighted by Crippen LogP contribution is -2.09. The van der Waals surface area contributed by atoms with E-state index in [0.717, 1.165) is 34.1 Å². The van der Waals surface area contributed by atoms with Gasteiger partial charge in [0.15, 0.2) is 5.82 Å². The van der Waals surface area contributed by atoms with Crippen molar-refractivity contribution in [3.8, 4) is 11.4 Å². The molecule has 0 saturated carbocycles. The third kappa shape index (κ3) is 2.64. The van der Waals surface area contributed by atoms with Gasteiger partial charge in [-0.3, -0.25) is 0 Å². The summed E-state index contributed by atoms with van der Waals surface area (Å²) >= 11 is 15.7. The SMILES string of the molecule is Clc1ccc(-c2nc(Cl)c3c(n2)CCCC3)c(Br)c1. The number of fused-ring (bicyclic) bond motifs is 1. The molecule has 0 fully saturated rings. The number of benzene rings is 1. The lowest BCUT2D eigenvalue weighted by Gasteiger charge is -2.16. The fraction of sp³-hybridized carbons (Fsp3) is 0.286. The van der Waals surface area contributed by atoms with E-state index in [9.17, 15) is 0 Å². The summed E-state index contributed by atoms with van der Waals surface area (Å²) in [5, 5.41) is 1.27. The summed E-state index contributed by atoms with van der Waals surface area (Å²) in [6.07, 6.45) is 4.30. The Hall–Kier alpha value is -0.640. The normalized spacial score (nSPS) is 14.3. The Bertz CT molecular complexity index is 644. The zero-order valence-electron chi connectivity index (χ0n) is 10.1. The Morgan fingerprint density at radius 1 is 1.05 bits per heavy atom. The van der Waals surface area contributed by atoms with Crippen molar-refractivity contribution >= 4 is 39.1 Å². The third-order valence-corrected chi connectivity index (χ3v) is 4.51. The molecule has 0 N–H and O–H groups in total. The Morgan fingerprint density at radius 3 is 2.63 bits per heavy atom. The molecule has 1 aromatic heterocycles. The van der Waals surface area contributed by atoms with Crippen LogP contribution in [-0.4, -0.2) is 9.97 Å². The second-order valence-electron chi connectivity index (χ2n) is 4.59. The minimum Gasteiger partial charge on any atom is -0.233 e. The van der Waals surface area contributed by atoms with E-state index in [-0.39, 0.29) is 0 Å². The molecule has 5 heteroatoms. The van der Waals surface area contributed by atoms with Crippen molar-refractivity contribution in [2.75, 3.05) is 0 Å². The summed E-state index contributed by atoms with van der Waals surface area (Å²) < 4.78 is 0.881. The first-order chi connectivity index (χ1) is 9.15. The molecule has 2 nitrogen and oxygen atoms in total. The van der Waals surface area contributed by atoms with Crippen LogP contribution in [0, 0.1) is 0 Å². The maximum Gasteiger partial charge on any atom is 0.162 e. The van der Waals surface area contributed by atoms with Crippen LogP contribution in [0.25, 0.3) is 11.4 Å². The van der Waals surface area contributed by atoms with Crippen molar-refractivity contribution in [2.24, 2.45) is 0 Å². The van der Waals surface area contributed by atoms with Crippen LogP contribution in [0.15, 0.2) is 22.7 Å². The summed E-state index contributed by atoms with van der Waals surface area (Å²) in [6.45, 7) is 0. The highest BCUT2D eigenvalue weighted by atomic mass is 79.9. The number of hydrogen-bond acceptors (Lipinski definition) is 2. The van der Waals surface area contributed by atoms with Gasteiger partial charge in [-0.05, 0) is 59.8 Å². The van der Waals surface area contributed by atoms with Gasteiger partial charge in [0.25, 0.3) is 0 Å². The number of nitrogens with zero attached hydrogens (tertiary/aromatic N) is 2. The first-order valence-electron chi connectivity index (χ1n) is 6.16. The van der Waals surface area contributed by atoms with Gasteiger partial charge in [-0.2, -0.15) is 0 Å². The average molecular weight is 358 g/mol. The molecule has 0 amide bonds. The molecule has 0 aliphatic heterocycles. The zero-order chi connectivity index (χ0) is 13.4. The average Bonchev–Trinajstić information content (AvgIpc) is 2.38. The Balaban J connectivity index is 2.13. The second-order valence-corrected chi connectivity index (χ2v) is 6.24. The second kappa shape index (κ2) is 5.39. The van der Waals surface area contributed by atoms with E-state index in [1.807, 2.05) is 18.2 Å². The van der Waals surface area contributed by atoms with Gasteiger partial charge in [0.2, 0.25) is 0 Å². The van der Waals surface area contributed by atoms with E-state index in [2.05, 4.69) is 25.9 Å². The van der Waals surface area contributed by atoms with Gasteiger partial charge in [-0.1, -0.05) is 23.2 Å². The van der Waals surface area contributed by atoms with Crippen LogP contribution in [0.2, 0.25) is 10.2 Å². The van der Waals surface area contributed by atoms with Crippen LogP contribution in [0.1, 0.15) is 24.1 Å². The number of rotatable bonds is 1. The largest absolute Gasteiger partial charge is 0.233 e. The number of aryl methyl sites for hydroxylation is 1. The molecule has 0 spiro atoms. The molecule has 98 valence electrons. The van der Waals surface area contributed by atoms with Gasteiger partial charge < -0.3 is 0 Å². The summed E-state index contributed by atoms with van der Waals surface area (Å²) in [5.74, 6) is 0.661. The van der Waals surface area contributed by atoms with Crippen molar-refractivity contribution in [3.63, 3.8) is 0 Å². The number of aromatic nitrogens is 2. The maximum absolute atomic E-state index is 6.29. The van der Waals surface area contributed by atoms with Gasteiger partial charge in [0.05, 0.1) is 0 Å². The van der Waals surface area contributed by atoms with E-state index < -0.39 is 0 Å². The molecule has 0 saturated heterocycles. The Morgan fingerprint density at radius 2 is 1.84 bits per heavy atom. The maximum atomic E-state index is 6.29. The molecule has 1 heterocycles. The molecule has 2 aromatic rings. The molecule has 1 aliphatic carbocycles. The molecule has 3 rings (SSSR count). The van der Waals surface area contributed by atoms with Crippen LogP contribution in [0.5, 0.6) is 0 Å². The summed E-state index contributed by atoms with van der Waals surface area (Å²) in [5.41, 5.74) is 3.12. The summed E-state index contributed by atoms with van der Waals surface area (Å²) in [4.78, 5) is 9.09. The van der Waals surface area contributed by atoms with E-state index in [0.29, 0.717) is 16.0 Å². The number of hydrogen-bond donors (Lipinski definition) is 0. The van der Waals surface area contributed by atoms with Crippen molar-refractivity contribution in [3.05, 3.63) is 44.1 Å². The van der Waals surface area contributed by atoms with Gasteiger partial charge in [-0.15, -0.1) is 0 Å². The van der Waals surface area contributed by atoms with Crippen LogP contribution in [0.3, 0.4) is 0 Å². The number of halogens is 3. The lowest BCUT2D eigenvalue weighted by atomic mass is 9.97. The van der Waals surface area contributed by atoms with Crippen molar-refractivity contribution in [2.45, 2.75) is 25.7 Å². The third-order valence-electron chi connectivity index (χ3n) is 3.30. The lowest BCUT2D eigenvalue weighted by molar-refractivity contribution is 0.663. The first-order valence-corrected chi connectivity index (χ1v) is 7.71. The molecule has 0 radical (unpaired) electrons. The van der Waals surface area contributed by atoms with Crippen molar-refractivity contribution in [1.29, 1.82) is 0 Å². The molecule has 1 aliphatic rings. The van der Waals surface area contributed by atoms with Gasteiger partial charge in [0, 0.05) is 26.3 Å². The standard InChI is InChI=1S/C14H11BrCl2N2/c15-11-7-8(16)5-6-9(11)14-18-12-4-2-1-3-10(12)13(17)19-14/h5-7H,1-4H2. The van der Waals surface area contributed by atoms with Gasteiger partial charge >= 0.3 is 0 Å². The molecule has 0 unspecified atom stereocenters. The summed E-state index contributed by atoms with van der Waals surface area (Å²) in [6, 6.07) is 5.58. The Labute approximate surface area is 130 Å². The molecular formula is C14H11BrCl2N2. The molecule has 1 aromatic carbocycles. The van der Waals surface area contributed by atoms with E-state index >= 15 is 0 Å². The van der Waals surface area contributed by atoms with Crippen LogP contribution >= 0.6 is 39.1 Å². The fourth-order valence-corrected chi connectivity index (χ4v) is 3.48.